The van der Waals surface area contributed by atoms with Crippen molar-refractivity contribution in [1.29, 1.82) is 0 Å². The Morgan fingerprint density at radius 3 is 2.70 bits per heavy atom. The molecule has 1 atom stereocenters. The molecule has 2 aliphatic heterocycles. The van der Waals surface area contributed by atoms with Gasteiger partial charge in [0.1, 0.15) is 17.8 Å². The van der Waals surface area contributed by atoms with Crippen LogP contribution < -0.4 is 5.73 Å². The van der Waals surface area contributed by atoms with Gasteiger partial charge in [0, 0.05) is 37.8 Å². The van der Waals surface area contributed by atoms with Crippen molar-refractivity contribution in [2.45, 2.75) is 57.3 Å². The van der Waals surface area contributed by atoms with Crippen molar-refractivity contribution in [3.8, 4) is 11.3 Å². The molecule has 1 saturated carbocycles. The molecule has 33 heavy (non-hydrogen) atoms. The predicted octanol–water partition coefficient (Wildman–Crippen LogP) is 3.29. The number of likely N-dealkylation sites (tertiary alicyclic amines) is 1. The molecule has 3 aliphatic rings. The highest BCUT2D eigenvalue weighted by molar-refractivity contribution is 5.98. The number of nitrogens with two attached hydrogens (primary N) is 1. The van der Waals surface area contributed by atoms with Gasteiger partial charge in [0.2, 0.25) is 5.91 Å². The van der Waals surface area contributed by atoms with Crippen LogP contribution in [0.2, 0.25) is 0 Å². The third-order valence-electron chi connectivity index (χ3n) is 7.56. The van der Waals surface area contributed by atoms with Crippen LogP contribution in [-0.4, -0.2) is 54.6 Å². The fourth-order valence-electron chi connectivity index (χ4n) is 5.51. The number of rotatable bonds is 4. The van der Waals surface area contributed by atoms with Crippen molar-refractivity contribution in [2.24, 2.45) is 0 Å². The van der Waals surface area contributed by atoms with E-state index in [2.05, 4.69) is 39.6 Å². The molecular formula is C25H29N7O. The Morgan fingerprint density at radius 1 is 1.09 bits per heavy atom. The Morgan fingerprint density at radius 2 is 1.91 bits per heavy atom. The minimum atomic E-state index is -0.0415. The highest BCUT2D eigenvalue weighted by Gasteiger charge is 2.31. The molecular weight excluding hydrogens is 414 g/mol. The molecule has 6 rings (SSSR count). The molecule has 8 heteroatoms. The van der Waals surface area contributed by atoms with E-state index in [4.69, 9.17) is 10.8 Å². The van der Waals surface area contributed by atoms with Gasteiger partial charge in [-0.25, -0.2) is 14.6 Å². The van der Waals surface area contributed by atoms with Crippen LogP contribution in [-0.2, 0) is 17.9 Å². The van der Waals surface area contributed by atoms with Crippen LogP contribution in [0.1, 0.15) is 49.3 Å². The molecule has 2 fully saturated rings. The molecule has 0 spiro atoms. The van der Waals surface area contributed by atoms with E-state index in [9.17, 15) is 4.79 Å². The van der Waals surface area contributed by atoms with E-state index in [1.54, 1.807) is 0 Å². The number of carbonyl (C=O) groups is 1. The fourth-order valence-corrected chi connectivity index (χ4v) is 5.51. The topological polar surface area (TPSA) is 93.2 Å². The van der Waals surface area contributed by atoms with Crippen molar-refractivity contribution in [3.63, 3.8) is 0 Å². The maximum absolute atomic E-state index is 12.2. The lowest BCUT2D eigenvalue weighted by atomic mass is 9.92. The quantitative estimate of drug-likeness (QED) is 0.622. The summed E-state index contributed by atoms with van der Waals surface area (Å²) in [7, 11) is 0. The van der Waals surface area contributed by atoms with Gasteiger partial charge in [-0.2, -0.15) is 5.10 Å². The van der Waals surface area contributed by atoms with Crippen molar-refractivity contribution >= 4 is 22.8 Å². The van der Waals surface area contributed by atoms with E-state index in [-0.39, 0.29) is 11.9 Å². The van der Waals surface area contributed by atoms with Gasteiger partial charge in [-0.3, -0.25) is 9.69 Å². The Hall–Kier alpha value is -3.26. The number of nitrogen functional groups attached to an aromatic ring is 1. The minimum absolute atomic E-state index is 0.0386. The van der Waals surface area contributed by atoms with E-state index in [0.717, 1.165) is 60.8 Å². The first-order valence-electron chi connectivity index (χ1n) is 11.9. The van der Waals surface area contributed by atoms with Crippen LogP contribution in [0.15, 0.2) is 37.2 Å². The van der Waals surface area contributed by atoms with Crippen molar-refractivity contribution in [1.82, 2.24) is 29.5 Å². The van der Waals surface area contributed by atoms with Gasteiger partial charge in [0.15, 0.2) is 5.65 Å². The second kappa shape index (κ2) is 7.95. The molecule has 1 saturated heterocycles. The number of aromatic nitrogens is 4. The van der Waals surface area contributed by atoms with Gasteiger partial charge in [0.25, 0.3) is 0 Å². The number of benzene rings is 1. The first-order chi connectivity index (χ1) is 16.1. The molecule has 8 nitrogen and oxygen atoms in total. The predicted molar refractivity (Wildman–Crippen MR) is 127 cm³/mol. The zero-order valence-corrected chi connectivity index (χ0v) is 18.8. The van der Waals surface area contributed by atoms with Crippen LogP contribution in [0.4, 0.5) is 5.82 Å². The number of nitrogens with zero attached hydrogens (tertiary/aromatic N) is 6. The largest absolute Gasteiger partial charge is 0.383 e. The zero-order valence-electron chi connectivity index (χ0n) is 18.8. The summed E-state index contributed by atoms with van der Waals surface area (Å²) in [5.41, 5.74) is 11.7. The first-order valence-corrected chi connectivity index (χ1v) is 11.9. The van der Waals surface area contributed by atoms with Crippen molar-refractivity contribution < 1.29 is 4.79 Å². The average Bonchev–Trinajstić information content (AvgIpc) is 3.39. The van der Waals surface area contributed by atoms with Crippen LogP contribution >= 0.6 is 0 Å². The van der Waals surface area contributed by atoms with Gasteiger partial charge in [-0.1, -0.05) is 25.1 Å². The van der Waals surface area contributed by atoms with E-state index in [1.165, 1.54) is 42.8 Å². The van der Waals surface area contributed by atoms with Gasteiger partial charge >= 0.3 is 0 Å². The van der Waals surface area contributed by atoms with Crippen molar-refractivity contribution in [2.75, 3.05) is 18.8 Å². The Kier molecular flexibility index (Phi) is 4.90. The van der Waals surface area contributed by atoms with Gasteiger partial charge in [-0.15, -0.1) is 0 Å². The Bertz CT molecular complexity index is 1250. The molecule has 1 aliphatic carbocycles. The number of fused-ring (bicyclic) bond motifs is 2. The average molecular weight is 444 g/mol. The second-order valence-electron chi connectivity index (χ2n) is 9.51. The molecule has 1 aromatic carbocycles. The third-order valence-corrected chi connectivity index (χ3v) is 7.56. The molecule has 0 radical (unpaired) electrons. The zero-order chi connectivity index (χ0) is 22.5. The lowest BCUT2D eigenvalue weighted by Crippen LogP contribution is -2.40. The summed E-state index contributed by atoms with van der Waals surface area (Å²) in [4.78, 5) is 25.5. The number of hydrogen-bond donors (Lipinski definition) is 1. The highest BCUT2D eigenvalue weighted by Crippen LogP contribution is 2.37. The molecule has 170 valence electrons. The maximum Gasteiger partial charge on any atom is 0.246 e. The molecule has 4 heterocycles. The van der Waals surface area contributed by atoms with Crippen molar-refractivity contribution in [3.05, 3.63) is 48.3 Å². The standard InChI is InChI=1S/C25H29N7O/c1-2-21(33)30-10-4-7-20(14-30)32-25-22(24(26)27-15-28-25)23(29-32)16-8-9-17-12-31(13-18(17)11-16)19-5-3-6-19/h2,8-9,11,15,19-20H,1,3-7,10,12-14H2,(H2,26,27,28)/t20-/m1/s1. The molecule has 1 amide bonds. The van der Waals surface area contributed by atoms with E-state index in [0.29, 0.717) is 12.4 Å². The SMILES string of the molecule is C=CC(=O)N1CCC[C@@H](n2nc(-c3ccc4c(c3)CN(C3CCC3)C4)c3c(N)ncnc32)C1. The molecule has 2 aromatic heterocycles. The van der Waals surface area contributed by atoms with Gasteiger partial charge in [0.05, 0.1) is 11.4 Å². The van der Waals surface area contributed by atoms with Crippen LogP contribution in [0, 0.1) is 0 Å². The van der Waals surface area contributed by atoms with Crippen LogP contribution in [0.25, 0.3) is 22.3 Å². The lowest BCUT2D eigenvalue weighted by molar-refractivity contribution is -0.127. The number of carbonyl (C=O) groups excluding carboxylic acids is 1. The fraction of sp³-hybridized carbons (Fsp3) is 0.440. The lowest BCUT2D eigenvalue weighted by Gasteiger charge is -2.34. The van der Waals surface area contributed by atoms with E-state index in [1.807, 2.05) is 9.58 Å². The normalized spacial score (nSPS) is 21.2. The second-order valence-corrected chi connectivity index (χ2v) is 9.51. The Balaban J connectivity index is 1.38. The first kappa shape index (κ1) is 20.4. The summed E-state index contributed by atoms with van der Waals surface area (Å²) in [6.45, 7) is 7.01. The molecule has 0 unspecified atom stereocenters. The molecule has 3 aromatic rings. The summed E-state index contributed by atoms with van der Waals surface area (Å²) >= 11 is 0. The van der Waals surface area contributed by atoms with Crippen LogP contribution in [0.5, 0.6) is 0 Å². The maximum atomic E-state index is 12.2. The van der Waals surface area contributed by atoms with Gasteiger partial charge in [-0.05, 0) is 49.0 Å². The summed E-state index contributed by atoms with van der Waals surface area (Å²) in [6, 6.07) is 7.42. The Labute approximate surface area is 193 Å². The number of anilines is 1. The monoisotopic (exact) mass is 443 g/mol. The number of piperidine rings is 1. The number of hydrogen-bond acceptors (Lipinski definition) is 6. The smallest absolute Gasteiger partial charge is 0.246 e. The van der Waals surface area contributed by atoms with Gasteiger partial charge < -0.3 is 10.6 Å². The molecule has 2 N–H and O–H groups in total. The summed E-state index contributed by atoms with van der Waals surface area (Å²) in [5.74, 6) is 0.396. The van der Waals surface area contributed by atoms with Crippen LogP contribution in [0.3, 0.4) is 0 Å². The minimum Gasteiger partial charge on any atom is -0.383 e. The highest BCUT2D eigenvalue weighted by atomic mass is 16.2. The third kappa shape index (κ3) is 3.40. The summed E-state index contributed by atoms with van der Waals surface area (Å²) < 4.78 is 1.96. The van der Waals surface area contributed by atoms with E-state index >= 15 is 0 Å². The summed E-state index contributed by atoms with van der Waals surface area (Å²) in [5, 5.41) is 5.82. The summed E-state index contributed by atoms with van der Waals surface area (Å²) in [6.07, 6.45) is 8.70. The number of amides is 1. The van der Waals surface area contributed by atoms with E-state index < -0.39 is 0 Å². The molecule has 0 bridgehead atoms.